The fourth-order valence-corrected chi connectivity index (χ4v) is 4.50. The van der Waals surface area contributed by atoms with Gasteiger partial charge in [0.05, 0.1) is 16.9 Å². The largest absolute Gasteiger partial charge is 0.256 e. The third kappa shape index (κ3) is 4.36. The highest BCUT2D eigenvalue weighted by atomic mass is 79.9. The van der Waals surface area contributed by atoms with Crippen LogP contribution in [0.5, 0.6) is 0 Å². The van der Waals surface area contributed by atoms with Crippen molar-refractivity contribution in [2.75, 3.05) is 0 Å². The summed E-state index contributed by atoms with van der Waals surface area (Å²) in [6.07, 6.45) is 1.84. The minimum atomic E-state index is 0.711. The van der Waals surface area contributed by atoms with Crippen molar-refractivity contribution in [2.24, 2.45) is 0 Å². The third-order valence-electron chi connectivity index (χ3n) is 6.02. The van der Waals surface area contributed by atoms with Crippen LogP contribution in [0.25, 0.3) is 55.9 Å². The minimum Gasteiger partial charge on any atom is -0.256 e. The zero-order valence-electron chi connectivity index (χ0n) is 18.8. The first-order valence-electron chi connectivity index (χ1n) is 11.4. The normalized spacial score (nSPS) is 11.0. The van der Waals surface area contributed by atoms with E-state index in [-0.39, 0.29) is 0 Å². The zero-order chi connectivity index (χ0) is 23.6. The van der Waals surface area contributed by atoms with Crippen molar-refractivity contribution in [2.45, 2.75) is 0 Å². The van der Waals surface area contributed by atoms with E-state index in [1.807, 2.05) is 54.7 Å². The van der Waals surface area contributed by atoms with Gasteiger partial charge in [-0.2, -0.15) is 0 Å². The van der Waals surface area contributed by atoms with Crippen LogP contribution in [0.3, 0.4) is 0 Å². The Kier molecular flexibility index (Phi) is 5.65. The molecular formula is C31H20BrN3. The summed E-state index contributed by atoms with van der Waals surface area (Å²) in [6.45, 7) is 0. The predicted molar refractivity (Wildman–Crippen MR) is 147 cm³/mol. The molecule has 0 atom stereocenters. The van der Waals surface area contributed by atoms with Gasteiger partial charge >= 0.3 is 0 Å². The van der Waals surface area contributed by atoms with Gasteiger partial charge in [-0.05, 0) is 29.8 Å². The van der Waals surface area contributed by atoms with Crippen molar-refractivity contribution in [3.8, 4) is 45.0 Å². The Morgan fingerprint density at radius 3 is 1.86 bits per heavy atom. The van der Waals surface area contributed by atoms with Crippen LogP contribution in [0.4, 0.5) is 0 Å². The lowest BCUT2D eigenvalue weighted by atomic mass is 9.99. The van der Waals surface area contributed by atoms with Gasteiger partial charge in [0.1, 0.15) is 0 Å². The van der Waals surface area contributed by atoms with Crippen molar-refractivity contribution in [3.05, 3.63) is 126 Å². The van der Waals surface area contributed by atoms with Gasteiger partial charge in [0.15, 0.2) is 5.82 Å². The lowest BCUT2D eigenvalue weighted by molar-refractivity contribution is 1.18. The van der Waals surface area contributed by atoms with Gasteiger partial charge in [0.25, 0.3) is 0 Å². The highest BCUT2D eigenvalue weighted by molar-refractivity contribution is 9.10. The van der Waals surface area contributed by atoms with Gasteiger partial charge in [-0.15, -0.1) is 0 Å². The molecule has 2 heterocycles. The van der Waals surface area contributed by atoms with Crippen LogP contribution >= 0.6 is 15.9 Å². The second-order valence-corrected chi connectivity index (χ2v) is 9.21. The number of para-hydroxylation sites is 1. The van der Waals surface area contributed by atoms with Gasteiger partial charge in [0, 0.05) is 38.3 Å². The number of halogens is 1. The second-order valence-electron chi connectivity index (χ2n) is 8.29. The van der Waals surface area contributed by atoms with Crippen molar-refractivity contribution in [1.29, 1.82) is 0 Å². The van der Waals surface area contributed by atoms with Crippen molar-refractivity contribution < 1.29 is 0 Å². The molecule has 0 aliphatic rings. The molecule has 0 bridgehead atoms. The Morgan fingerprint density at radius 1 is 0.514 bits per heavy atom. The lowest BCUT2D eigenvalue weighted by Crippen LogP contribution is -1.96. The van der Waals surface area contributed by atoms with E-state index in [1.54, 1.807) is 0 Å². The molecule has 35 heavy (non-hydrogen) atoms. The Labute approximate surface area is 212 Å². The molecule has 166 valence electrons. The molecule has 0 aliphatic carbocycles. The number of pyridine rings is 1. The molecule has 0 saturated heterocycles. The summed E-state index contributed by atoms with van der Waals surface area (Å²) >= 11 is 3.52. The van der Waals surface area contributed by atoms with Gasteiger partial charge in [-0.1, -0.05) is 107 Å². The molecule has 6 rings (SSSR count). The Hall–Kier alpha value is -4.15. The Morgan fingerprint density at radius 2 is 1.14 bits per heavy atom. The molecule has 0 spiro atoms. The van der Waals surface area contributed by atoms with Crippen LogP contribution in [0.15, 0.2) is 126 Å². The van der Waals surface area contributed by atoms with Crippen molar-refractivity contribution in [1.82, 2.24) is 15.0 Å². The molecule has 0 fully saturated rings. The van der Waals surface area contributed by atoms with Gasteiger partial charge in [0.2, 0.25) is 0 Å². The first-order chi connectivity index (χ1) is 17.2. The first-order valence-corrected chi connectivity index (χ1v) is 12.2. The molecule has 0 amide bonds. The van der Waals surface area contributed by atoms with E-state index in [2.05, 4.69) is 87.6 Å². The highest BCUT2D eigenvalue weighted by Gasteiger charge is 2.11. The molecule has 0 unspecified atom stereocenters. The maximum Gasteiger partial charge on any atom is 0.160 e. The maximum atomic E-state index is 4.94. The van der Waals surface area contributed by atoms with E-state index in [4.69, 9.17) is 9.97 Å². The Bertz CT molecular complexity index is 1620. The molecule has 0 N–H and O–H groups in total. The molecule has 6 aromatic rings. The van der Waals surface area contributed by atoms with E-state index in [9.17, 15) is 0 Å². The molecule has 2 aromatic heterocycles. The van der Waals surface area contributed by atoms with Crippen molar-refractivity contribution >= 4 is 26.8 Å². The van der Waals surface area contributed by atoms with Gasteiger partial charge in [-0.25, -0.2) is 9.97 Å². The second kappa shape index (κ2) is 9.24. The fraction of sp³-hybridized carbons (Fsp3) is 0. The number of aromatic nitrogens is 3. The summed E-state index contributed by atoms with van der Waals surface area (Å²) in [5.41, 5.74) is 8.12. The summed E-state index contributed by atoms with van der Waals surface area (Å²) in [5.74, 6) is 0.711. The van der Waals surface area contributed by atoms with E-state index >= 15 is 0 Å². The summed E-state index contributed by atoms with van der Waals surface area (Å²) in [5, 5.41) is 1.14. The van der Waals surface area contributed by atoms with Crippen LogP contribution in [0.2, 0.25) is 0 Å². The Balaban J connectivity index is 1.45. The first kappa shape index (κ1) is 21.4. The topological polar surface area (TPSA) is 38.7 Å². The molecule has 4 aromatic carbocycles. The average Bonchev–Trinajstić information content (AvgIpc) is 2.93. The standard InChI is InChI=1S/C31H20BrN3/c32-26-17-15-23(16-18-26)29-20-28(34-31(35-29)25-6-2-1-3-7-25)22-13-11-21(12-14-22)27-10-4-8-24-9-5-19-33-30(24)27/h1-20H. The lowest BCUT2D eigenvalue weighted by Gasteiger charge is -2.11. The number of benzene rings is 4. The zero-order valence-corrected chi connectivity index (χ0v) is 20.4. The monoisotopic (exact) mass is 513 g/mol. The molecule has 4 heteroatoms. The summed E-state index contributed by atoms with van der Waals surface area (Å²) < 4.78 is 1.04. The van der Waals surface area contributed by atoms with Gasteiger partial charge < -0.3 is 0 Å². The van der Waals surface area contributed by atoms with E-state index in [0.717, 1.165) is 54.6 Å². The number of hydrogen-bond acceptors (Lipinski definition) is 3. The molecular weight excluding hydrogens is 494 g/mol. The quantitative estimate of drug-likeness (QED) is 0.237. The maximum absolute atomic E-state index is 4.94. The molecule has 0 radical (unpaired) electrons. The van der Waals surface area contributed by atoms with Crippen LogP contribution in [0, 0.1) is 0 Å². The van der Waals surface area contributed by atoms with Gasteiger partial charge in [-0.3, -0.25) is 4.98 Å². The van der Waals surface area contributed by atoms with Crippen LogP contribution in [0.1, 0.15) is 0 Å². The fourth-order valence-electron chi connectivity index (χ4n) is 4.24. The van der Waals surface area contributed by atoms with Crippen molar-refractivity contribution in [3.63, 3.8) is 0 Å². The van der Waals surface area contributed by atoms with E-state index in [0.29, 0.717) is 5.82 Å². The predicted octanol–water partition coefficient (Wildman–Crippen LogP) is 8.46. The number of hydrogen-bond donors (Lipinski definition) is 0. The molecule has 0 aliphatic heterocycles. The number of rotatable bonds is 4. The van der Waals surface area contributed by atoms with E-state index < -0.39 is 0 Å². The summed E-state index contributed by atoms with van der Waals surface area (Å²) in [7, 11) is 0. The number of fused-ring (bicyclic) bond motifs is 1. The highest BCUT2D eigenvalue weighted by Crippen LogP contribution is 2.31. The molecule has 0 saturated carbocycles. The third-order valence-corrected chi connectivity index (χ3v) is 6.55. The van der Waals surface area contributed by atoms with Crippen LogP contribution < -0.4 is 0 Å². The van der Waals surface area contributed by atoms with Crippen LogP contribution in [-0.2, 0) is 0 Å². The van der Waals surface area contributed by atoms with Crippen LogP contribution in [-0.4, -0.2) is 15.0 Å². The smallest absolute Gasteiger partial charge is 0.160 e. The SMILES string of the molecule is Brc1ccc(-c2cc(-c3ccc(-c4cccc5cccnc45)cc3)nc(-c3ccccc3)n2)cc1. The average molecular weight is 514 g/mol. The number of nitrogens with zero attached hydrogens (tertiary/aromatic N) is 3. The summed E-state index contributed by atoms with van der Waals surface area (Å²) in [6, 6.07) is 39.3. The summed E-state index contributed by atoms with van der Waals surface area (Å²) in [4.78, 5) is 14.4. The molecule has 3 nitrogen and oxygen atoms in total. The minimum absolute atomic E-state index is 0.711. The van der Waals surface area contributed by atoms with E-state index in [1.165, 1.54) is 0 Å².